The average Bonchev–Trinajstić information content (AvgIpc) is 3.21. The van der Waals surface area contributed by atoms with E-state index in [1.807, 2.05) is 0 Å². The van der Waals surface area contributed by atoms with Crippen LogP contribution >= 0.6 is 0 Å². The fraction of sp³-hybridized carbons (Fsp3) is 0.745. The van der Waals surface area contributed by atoms with E-state index in [0.29, 0.717) is 12.8 Å². The second-order valence-electron chi connectivity index (χ2n) is 15.1. The number of carbonyl (C=O) groups excluding carboxylic acids is 2. The van der Waals surface area contributed by atoms with Gasteiger partial charge in [0.25, 0.3) is 0 Å². The zero-order chi connectivity index (χ0) is 41.6. The summed E-state index contributed by atoms with van der Waals surface area (Å²) in [7, 11) is 0. The first-order valence-corrected chi connectivity index (χ1v) is 22.4. The molecule has 0 aromatic heterocycles. The molecule has 6 atom stereocenters. The van der Waals surface area contributed by atoms with Gasteiger partial charge in [-0.15, -0.1) is 0 Å². The van der Waals surface area contributed by atoms with Gasteiger partial charge in [-0.25, -0.2) is 0 Å². The highest BCUT2D eigenvalue weighted by atomic mass is 16.7. The highest BCUT2D eigenvalue weighted by molar-refractivity contribution is 5.70. The molecule has 0 spiro atoms. The predicted molar refractivity (Wildman–Crippen MR) is 228 cm³/mol. The Balaban J connectivity index is 2.37. The largest absolute Gasteiger partial charge is 0.462 e. The Morgan fingerprint density at radius 3 is 1.53 bits per heavy atom. The van der Waals surface area contributed by atoms with Gasteiger partial charge in [0, 0.05) is 12.8 Å². The lowest BCUT2D eigenvalue weighted by atomic mass is 9.99. The molecule has 1 saturated heterocycles. The van der Waals surface area contributed by atoms with Gasteiger partial charge in [-0.2, -0.15) is 0 Å². The molecule has 1 heterocycles. The Morgan fingerprint density at radius 2 is 0.982 bits per heavy atom. The number of aliphatic hydroxyl groups excluding tert-OH is 4. The van der Waals surface area contributed by atoms with Gasteiger partial charge in [-0.1, -0.05) is 132 Å². The van der Waals surface area contributed by atoms with E-state index < -0.39 is 55.4 Å². The number of esters is 2. The van der Waals surface area contributed by atoms with Crippen LogP contribution in [0.4, 0.5) is 0 Å². The molecule has 1 fully saturated rings. The Hall–Kier alpha value is -2.60. The lowest BCUT2D eigenvalue weighted by Gasteiger charge is -2.39. The smallest absolute Gasteiger partial charge is 0.306 e. The van der Waals surface area contributed by atoms with Crippen molar-refractivity contribution in [2.24, 2.45) is 0 Å². The van der Waals surface area contributed by atoms with Crippen molar-refractivity contribution in [3.05, 3.63) is 60.8 Å². The Kier molecular flexibility index (Phi) is 34.6. The van der Waals surface area contributed by atoms with E-state index in [-0.39, 0.29) is 26.1 Å². The lowest BCUT2D eigenvalue weighted by molar-refractivity contribution is -0.305. The normalized spacial score (nSPS) is 20.8. The molecule has 328 valence electrons. The van der Waals surface area contributed by atoms with Crippen molar-refractivity contribution in [2.75, 3.05) is 19.8 Å². The monoisotopic (exact) mass is 805 g/mol. The molecule has 0 aliphatic carbocycles. The lowest BCUT2D eigenvalue weighted by Crippen LogP contribution is -2.59. The summed E-state index contributed by atoms with van der Waals surface area (Å²) in [5.74, 6) is -0.866. The van der Waals surface area contributed by atoms with Crippen LogP contribution in [-0.4, -0.2) is 89.0 Å². The number of aliphatic hydroxyl groups is 4. The van der Waals surface area contributed by atoms with E-state index in [4.69, 9.17) is 18.9 Å². The number of allylic oxidation sites excluding steroid dienone is 10. The molecule has 10 nitrogen and oxygen atoms in total. The van der Waals surface area contributed by atoms with E-state index in [2.05, 4.69) is 74.6 Å². The van der Waals surface area contributed by atoms with Gasteiger partial charge in [0.05, 0.1) is 13.2 Å². The van der Waals surface area contributed by atoms with E-state index >= 15 is 0 Å². The van der Waals surface area contributed by atoms with Crippen LogP contribution in [-0.2, 0) is 28.5 Å². The number of carbonyl (C=O) groups is 2. The fourth-order valence-electron chi connectivity index (χ4n) is 6.28. The second-order valence-corrected chi connectivity index (χ2v) is 15.1. The first-order chi connectivity index (χ1) is 27.8. The zero-order valence-electron chi connectivity index (χ0n) is 35.6. The average molecular weight is 805 g/mol. The summed E-state index contributed by atoms with van der Waals surface area (Å²) in [6.07, 6.45) is 38.0. The van der Waals surface area contributed by atoms with Gasteiger partial charge in [-0.3, -0.25) is 9.59 Å². The summed E-state index contributed by atoms with van der Waals surface area (Å²) in [5, 5.41) is 40.0. The van der Waals surface area contributed by atoms with Crippen LogP contribution < -0.4 is 0 Å². The number of rotatable bonds is 36. The highest BCUT2D eigenvalue weighted by Gasteiger charge is 2.44. The molecule has 1 aliphatic rings. The summed E-state index contributed by atoms with van der Waals surface area (Å²) in [6.45, 7) is 3.32. The quantitative estimate of drug-likeness (QED) is 0.0274. The van der Waals surface area contributed by atoms with E-state index in [1.165, 1.54) is 64.2 Å². The molecule has 0 radical (unpaired) electrons. The standard InChI is InChI=1S/C47H80O10/c1-3-5-7-9-11-13-15-17-18-19-20-21-22-24-25-27-29-31-33-35-42(49)54-38-40(39-55-47-46(53)45(52)44(51)41(37-48)57-47)56-43(50)36-34-32-30-28-26-23-16-14-12-10-8-6-4-2/h11,13,17-18,20-21,23-26,40-41,44-48,51-53H,3-10,12,14-16,19,22,27-39H2,1-2H3/b13-11+,18-17+,21-20+,25-24+,26-23+/t40-,41-,44+,45?,46?,47-/m0/s1. The van der Waals surface area contributed by atoms with Gasteiger partial charge in [0.15, 0.2) is 12.4 Å². The summed E-state index contributed by atoms with van der Waals surface area (Å²) in [4.78, 5) is 25.3. The van der Waals surface area contributed by atoms with Crippen molar-refractivity contribution in [2.45, 2.75) is 205 Å². The maximum atomic E-state index is 12.7. The molecule has 0 aromatic rings. The molecule has 10 heteroatoms. The second kappa shape index (κ2) is 37.7. The molecule has 0 bridgehead atoms. The van der Waals surface area contributed by atoms with E-state index in [9.17, 15) is 30.0 Å². The van der Waals surface area contributed by atoms with Gasteiger partial charge in [0.2, 0.25) is 0 Å². The van der Waals surface area contributed by atoms with Crippen molar-refractivity contribution in [3.63, 3.8) is 0 Å². The first-order valence-electron chi connectivity index (χ1n) is 22.4. The van der Waals surface area contributed by atoms with Crippen molar-refractivity contribution >= 4 is 11.9 Å². The predicted octanol–water partition coefficient (Wildman–Crippen LogP) is 9.44. The molecular weight excluding hydrogens is 725 g/mol. The Bertz CT molecular complexity index is 1110. The van der Waals surface area contributed by atoms with E-state index in [0.717, 1.165) is 64.2 Å². The highest BCUT2D eigenvalue weighted by Crippen LogP contribution is 2.22. The minimum atomic E-state index is -1.60. The van der Waals surface area contributed by atoms with Crippen LogP contribution in [0.5, 0.6) is 0 Å². The van der Waals surface area contributed by atoms with Crippen LogP contribution in [0.15, 0.2) is 60.8 Å². The Labute approximate surface area is 345 Å². The molecule has 57 heavy (non-hydrogen) atoms. The van der Waals surface area contributed by atoms with Crippen molar-refractivity contribution < 1.29 is 49.0 Å². The number of hydrogen-bond acceptors (Lipinski definition) is 10. The molecule has 0 saturated carbocycles. The molecular formula is C47H80O10. The van der Waals surface area contributed by atoms with Crippen molar-refractivity contribution in [1.29, 1.82) is 0 Å². The summed E-state index contributed by atoms with van der Waals surface area (Å²) >= 11 is 0. The zero-order valence-corrected chi connectivity index (χ0v) is 35.6. The summed E-state index contributed by atoms with van der Waals surface area (Å²) < 4.78 is 22.1. The number of hydrogen-bond donors (Lipinski definition) is 4. The van der Waals surface area contributed by atoms with Gasteiger partial charge >= 0.3 is 11.9 Å². The van der Waals surface area contributed by atoms with Gasteiger partial charge < -0.3 is 39.4 Å². The van der Waals surface area contributed by atoms with Crippen molar-refractivity contribution in [3.8, 4) is 0 Å². The number of ether oxygens (including phenoxy) is 4. The van der Waals surface area contributed by atoms with Gasteiger partial charge in [0.1, 0.15) is 31.0 Å². The Morgan fingerprint density at radius 1 is 0.544 bits per heavy atom. The maximum Gasteiger partial charge on any atom is 0.306 e. The van der Waals surface area contributed by atoms with E-state index in [1.54, 1.807) is 0 Å². The minimum absolute atomic E-state index is 0.200. The molecule has 1 aliphatic heterocycles. The molecule has 2 unspecified atom stereocenters. The molecule has 0 aromatic carbocycles. The van der Waals surface area contributed by atoms with Crippen LogP contribution in [0, 0.1) is 0 Å². The SMILES string of the molecule is CCCCC/C=C/C/C=C/C/C=C/C/C=C/CCCCCC(=O)OC[C@@H](CO[C@H]1O[C@@H](CO)[C@@H](O)C(O)C1O)OC(=O)CCCCC/C=C/CCCCCCCC. The number of unbranched alkanes of at least 4 members (excludes halogenated alkanes) is 15. The van der Waals surface area contributed by atoms with Crippen molar-refractivity contribution in [1.82, 2.24) is 0 Å². The van der Waals surface area contributed by atoms with Crippen LogP contribution in [0.3, 0.4) is 0 Å². The summed E-state index contributed by atoms with van der Waals surface area (Å²) in [6, 6.07) is 0. The van der Waals surface area contributed by atoms with Gasteiger partial charge in [-0.05, 0) is 83.5 Å². The molecule has 0 amide bonds. The fourth-order valence-corrected chi connectivity index (χ4v) is 6.28. The molecule has 4 N–H and O–H groups in total. The topological polar surface area (TPSA) is 152 Å². The van der Waals surface area contributed by atoms with Crippen LogP contribution in [0.1, 0.15) is 168 Å². The maximum absolute atomic E-state index is 12.7. The van der Waals surface area contributed by atoms with Crippen LogP contribution in [0.2, 0.25) is 0 Å². The van der Waals surface area contributed by atoms with Crippen LogP contribution in [0.25, 0.3) is 0 Å². The molecule has 1 rings (SSSR count). The first kappa shape index (κ1) is 52.4. The minimum Gasteiger partial charge on any atom is -0.462 e. The third-order valence-corrected chi connectivity index (χ3v) is 9.88. The summed E-state index contributed by atoms with van der Waals surface area (Å²) in [5.41, 5.74) is 0. The third kappa shape index (κ3) is 29.3. The third-order valence-electron chi connectivity index (χ3n) is 9.88.